The summed E-state index contributed by atoms with van der Waals surface area (Å²) in [6, 6.07) is 13.6. The van der Waals surface area contributed by atoms with Crippen LogP contribution < -0.4 is 9.62 Å². The molecular weight excluding hydrogens is 462 g/mol. The molecule has 0 radical (unpaired) electrons. The van der Waals surface area contributed by atoms with E-state index in [0.717, 1.165) is 16.1 Å². The number of amides is 2. The third kappa shape index (κ3) is 7.75. The number of hydrogen-bond acceptors (Lipinski definition) is 4. The highest BCUT2D eigenvalue weighted by atomic mass is 35.5. The third-order valence-corrected chi connectivity index (χ3v) is 6.56. The molecule has 0 saturated heterocycles. The zero-order chi connectivity index (χ0) is 24.8. The maximum absolute atomic E-state index is 13.4. The van der Waals surface area contributed by atoms with Crippen molar-refractivity contribution in [1.82, 2.24) is 10.2 Å². The quantitative estimate of drug-likeness (QED) is 0.549. The number of carbonyl (C=O) groups excluding carboxylic acids is 2. The van der Waals surface area contributed by atoms with E-state index in [-0.39, 0.29) is 18.5 Å². The Morgan fingerprint density at radius 1 is 1.06 bits per heavy atom. The van der Waals surface area contributed by atoms with E-state index in [0.29, 0.717) is 22.7 Å². The molecule has 180 valence electrons. The van der Waals surface area contributed by atoms with Crippen molar-refractivity contribution in [3.63, 3.8) is 0 Å². The van der Waals surface area contributed by atoms with E-state index in [2.05, 4.69) is 5.32 Å². The number of carbonyl (C=O) groups is 2. The van der Waals surface area contributed by atoms with Crippen LogP contribution in [0.4, 0.5) is 5.69 Å². The van der Waals surface area contributed by atoms with Crippen LogP contribution in [0.25, 0.3) is 0 Å². The summed E-state index contributed by atoms with van der Waals surface area (Å²) < 4.78 is 26.3. The molecule has 1 N–H and O–H groups in total. The highest BCUT2D eigenvalue weighted by molar-refractivity contribution is 7.92. The monoisotopic (exact) mass is 493 g/mol. The number of sulfonamides is 1. The van der Waals surface area contributed by atoms with Crippen LogP contribution in [0.15, 0.2) is 48.5 Å². The van der Waals surface area contributed by atoms with Gasteiger partial charge in [-0.1, -0.05) is 48.0 Å². The molecule has 0 aliphatic heterocycles. The molecule has 2 rings (SSSR count). The molecule has 33 heavy (non-hydrogen) atoms. The second kappa shape index (κ2) is 11.5. The van der Waals surface area contributed by atoms with Crippen molar-refractivity contribution in [3.05, 3.63) is 64.7 Å². The zero-order valence-corrected chi connectivity index (χ0v) is 21.3. The van der Waals surface area contributed by atoms with E-state index in [1.165, 1.54) is 11.0 Å². The summed E-state index contributed by atoms with van der Waals surface area (Å²) in [6.07, 6.45) is 1.57. The number of nitrogens with zero attached hydrogens (tertiary/aromatic N) is 2. The molecule has 2 aromatic rings. The maximum atomic E-state index is 13.4. The molecule has 2 amide bonds. The first-order valence-electron chi connectivity index (χ1n) is 10.8. The molecule has 1 atom stereocenters. The van der Waals surface area contributed by atoms with Crippen molar-refractivity contribution in [2.45, 2.75) is 46.2 Å². The molecule has 0 aromatic heterocycles. The van der Waals surface area contributed by atoms with Gasteiger partial charge in [0.05, 0.1) is 11.9 Å². The highest BCUT2D eigenvalue weighted by Gasteiger charge is 2.30. The third-order valence-electron chi connectivity index (χ3n) is 5.20. The molecule has 0 aliphatic carbocycles. The van der Waals surface area contributed by atoms with Gasteiger partial charge in [0.25, 0.3) is 0 Å². The van der Waals surface area contributed by atoms with Crippen molar-refractivity contribution in [1.29, 1.82) is 0 Å². The molecule has 0 aliphatic rings. The Bertz CT molecular complexity index is 1070. The van der Waals surface area contributed by atoms with Gasteiger partial charge in [-0.2, -0.15) is 0 Å². The number of aryl methyl sites for hydroxylation is 1. The van der Waals surface area contributed by atoms with Crippen LogP contribution in [0.3, 0.4) is 0 Å². The molecule has 0 saturated carbocycles. The number of benzene rings is 2. The predicted molar refractivity (Wildman–Crippen MR) is 133 cm³/mol. The molecule has 9 heteroatoms. The molecule has 7 nitrogen and oxygen atoms in total. The predicted octanol–water partition coefficient (Wildman–Crippen LogP) is 3.40. The molecule has 0 bridgehead atoms. The van der Waals surface area contributed by atoms with Crippen LogP contribution in [0.5, 0.6) is 0 Å². The van der Waals surface area contributed by atoms with Crippen LogP contribution in [0, 0.1) is 6.92 Å². The smallest absolute Gasteiger partial charge is 0.244 e. The fraction of sp³-hybridized carbons (Fsp3) is 0.417. The summed E-state index contributed by atoms with van der Waals surface area (Å²) in [4.78, 5) is 27.6. The van der Waals surface area contributed by atoms with Gasteiger partial charge in [0.1, 0.15) is 12.6 Å². The van der Waals surface area contributed by atoms with Crippen molar-refractivity contribution in [3.8, 4) is 0 Å². The first kappa shape index (κ1) is 26.7. The van der Waals surface area contributed by atoms with Crippen LogP contribution in [-0.4, -0.2) is 56.6 Å². The van der Waals surface area contributed by atoms with Crippen LogP contribution in [0.2, 0.25) is 5.02 Å². The Morgan fingerprint density at radius 2 is 1.70 bits per heavy atom. The number of rotatable bonds is 10. The minimum Gasteiger partial charge on any atom is -0.352 e. The van der Waals surface area contributed by atoms with Gasteiger partial charge in [-0.05, 0) is 57.4 Å². The first-order valence-corrected chi connectivity index (χ1v) is 13.0. The van der Waals surface area contributed by atoms with Gasteiger partial charge >= 0.3 is 0 Å². The summed E-state index contributed by atoms with van der Waals surface area (Å²) >= 11 is 6.10. The summed E-state index contributed by atoms with van der Waals surface area (Å²) in [5, 5.41) is 3.19. The normalized spacial score (nSPS) is 12.3. The van der Waals surface area contributed by atoms with Crippen molar-refractivity contribution < 1.29 is 18.0 Å². The molecular formula is C24H32ClN3O4S. The van der Waals surface area contributed by atoms with Gasteiger partial charge in [0, 0.05) is 17.6 Å². The summed E-state index contributed by atoms with van der Waals surface area (Å²) in [5.74, 6) is -0.765. The van der Waals surface area contributed by atoms with Crippen molar-refractivity contribution >= 4 is 39.1 Å². The second-order valence-electron chi connectivity index (χ2n) is 8.36. The van der Waals surface area contributed by atoms with Gasteiger partial charge in [-0.15, -0.1) is 0 Å². The van der Waals surface area contributed by atoms with Gasteiger partial charge in [-0.3, -0.25) is 13.9 Å². The van der Waals surface area contributed by atoms with E-state index in [9.17, 15) is 18.0 Å². The van der Waals surface area contributed by atoms with Crippen LogP contribution in [0.1, 0.15) is 31.9 Å². The van der Waals surface area contributed by atoms with Crippen molar-refractivity contribution in [2.75, 3.05) is 23.7 Å². The number of halogens is 1. The van der Waals surface area contributed by atoms with Crippen LogP contribution in [-0.2, 0) is 26.0 Å². The van der Waals surface area contributed by atoms with E-state index < -0.39 is 28.5 Å². The van der Waals surface area contributed by atoms with Crippen molar-refractivity contribution in [2.24, 2.45) is 0 Å². The molecule has 0 fully saturated rings. The Hall–Kier alpha value is -2.58. The minimum absolute atomic E-state index is 0.0901. The molecule has 0 heterocycles. The number of nitrogens with one attached hydrogen (secondary N) is 1. The largest absolute Gasteiger partial charge is 0.352 e. The second-order valence-corrected chi connectivity index (χ2v) is 10.7. The Labute approximate surface area is 201 Å². The van der Waals surface area contributed by atoms with E-state index >= 15 is 0 Å². The number of anilines is 1. The zero-order valence-electron chi connectivity index (χ0n) is 19.7. The Kier molecular flexibility index (Phi) is 9.31. The van der Waals surface area contributed by atoms with Gasteiger partial charge < -0.3 is 10.2 Å². The lowest BCUT2D eigenvalue weighted by Gasteiger charge is -2.32. The lowest BCUT2D eigenvalue weighted by molar-refractivity contribution is -0.139. The van der Waals surface area contributed by atoms with E-state index in [4.69, 9.17) is 11.6 Å². The highest BCUT2D eigenvalue weighted by Crippen LogP contribution is 2.26. The Morgan fingerprint density at radius 3 is 2.27 bits per heavy atom. The Balaban J connectivity index is 2.35. The summed E-state index contributed by atoms with van der Waals surface area (Å²) in [6.45, 7) is 6.91. The first-order chi connectivity index (χ1) is 15.4. The minimum atomic E-state index is -3.79. The summed E-state index contributed by atoms with van der Waals surface area (Å²) in [7, 11) is -3.79. The molecule has 2 aromatic carbocycles. The molecule has 0 spiro atoms. The fourth-order valence-corrected chi connectivity index (χ4v) is 4.49. The fourth-order valence-electron chi connectivity index (χ4n) is 3.42. The number of hydrogen-bond donors (Lipinski definition) is 1. The topological polar surface area (TPSA) is 86.8 Å². The summed E-state index contributed by atoms with van der Waals surface area (Å²) in [5.41, 5.74) is 2.01. The van der Waals surface area contributed by atoms with E-state index in [1.54, 1.807) is 26.0 Å². The van der Waals surface area contributed by atoms with Gasteiger partial charge in [-0.25, -0.2) is 8.42 Å². The van der Waals surface area contributed by atoms with Gasteiger partial charge in [0.2, 0.25) is 21.8 Å². The van der Waals surface area contributed by atoms with E-state index in [1.807, 2.05) is 44.2 Å². The lowest BCUT2D eigenvalue weighted by atomic mass is 10.1. The SMILES string of the molecule is Cc1ccc(Cl)cc1N(CC(=O)N(CCc1ccccc1)C(C)C(=O)NC(C)C)S(C)(=O)=O. The maximum Gasteiger partial charge on any atom is 0.244 e. The lowest BCUT2D eigenvalue weighted by Crippen LogP contribution is -2.53. The average Bonchev–Trinajstić information content (AvgIpc) is 2.73. The van der Waals surface area contributed by atoms with Gasteiger partial charge in [0.15, 0.2) is 0 Å². The standard InChI is InChI=1S/C24H32ClN3O4S/c1-17(2)26-24(30)19(4)27(14-13-20-9-7-6-8-10-20)23(29)16-28(33(5,31)32)22-15-21(25)12-11-18(22)3/h6-12,15,17,19H,13-14,16H2,1-5H3,(H,26,30). The van der Waals surface area contributed by atoms with Crippen LogP contribution >= 0.6 is 11.6 Å². The average molecular weight is 494 g/mol. The molecule has 1 unspecified atom stereocenters.